The minimum absolute atomic E-state index is 0.343. The van der Waals surface area contributed by atoms with Gasteiger partial charge in [0.1, 0.15) is 0 Å². The Balaban J connectivity index is 2.30. The molecule has 1 aliphatic rings. The van der Waals surface area contributed by atoms with Crippen LogP contribution in [0.3, 0.4) is 0 Å². The molecule has 1 aliphatic heterocycles. The second-order valence-electron chi connectivity index (χ2n) is 5.76. The maximum absolute atomic E-state index is 11.7. The Bertz CT molecular complexity index is 522. The third-order valence-electron chi connectivity index (χ3n) is 3.43. The number of nitrogens with zero attached hydrogens (tertiary/aromatic N) is 1. The number of aryl methyl sites for hydroxylation is 1. The van der Waals surface area contributed by atoms with Crippen molar-refractivity contribution >= 4 is 20.5 Å². The quantitative estimate of drug-likeness (QED) is 0.631. The zero-order valence-corrected chi connectivity index (χ0v) is 14.4. The molecular formula is C15H22AlNO4. The fourth-order valence-corrected chi connectivity index (χ4v) is 3.63. The van der Waals surface area contributed by atoms with E-state index in [1.54, 1.807) is 6.92 Å². The number of ether oxygens (including phenoxy) is 2. The lowest BCUT2D eigenvalue weighted by Gasteiger charge is -2.45. The molecule has 3 atom stereocenters. The fraction of sp³-hybridized carbons (Fsp3) is 0.600. The van der Waals surface area contributed by atoms with Crippen molar-refractivity contribution < 1.29 is 18.1 Å². The highest BCUT2D eigenvalue weighted by Crippen LogP contribution is 2.32. The molecule has 114 valence electrons. The Kier molecular flexibility index (Phi) is 5.05. The van der Waals surface area contributed by atoms with Crippen molar-refractivity contribution in [1.82, 2.24) is 4.98 Å². The van der Waals surface area contributed by atoms with Crippen LogP contribution in [0.5, 0.6) is 0 Å². The third kappa shape index (κ3) is 3.84. The van der Waals surface area contributed by atoms with Crippen molar-refractivity contribution in [2.75, 3.05) is 0 Å². The van der Waals surface area contributed by atoms with Crippen molar-refractivity contribution in [3.8, 4) is 0 Å². The van der Waals surface area contributed by atoms with Gasteiger partial charge in [-0.2, -0.15) is 0 Å². The first-order valence-electron chi connectivity index (χ1n) is 7.31. The van der Waals surface area contributed by atoms with Crippen LogP contribution in [0.1, 0.15) is 25.2 Å². The first kappa shape index (κ1) is 16.4. The zero-order chi connectivity index (χ0) is 15.6. The van der Waals surface area contributed by atoms with Crippen molar-refractivity contribution in [3.05, 3.63) is 29.6 Å². The second-order valence-corrected chi connectivity index (χ2v) is 8.10. The number of carbonyl (C=O) groups excluding carboxylic acids is 1. The van der Waals surface area contributed by atoms with Gasteiger partial charge in [-0.15, -0.1) is 0 Å². The third-order valence-corrected chi connectivity index (χ3v) is 4.30. The minimum atomic E-state index is -1.39. The van der Waals surface area contributed by atoms with Gasteiger partial charge >= 0.3 is 20.5 Å². The molecule has 1 fully saturated rings. The standard InChI is InChI=1S/C13H16NO4.2CH3.Al/c1-8-5-4-6-11(14-8)7-13(16)10(3)17-12(15)9(2)18-13;;;/h4-6,9-10H,7H2,1-3H3;2*1H3;/q-1;;;+1. The van der Waals surface area contributed by atoms with Gasteiger partial charge in [0, 0.05) is 17.8 Å². The summed E-state index contributed by atoms with van der Waals surface area (Å²) in [6, 6.07) is 5.85. The number of rotatable bonds is 4. The van der Waals surface area contributed by atoms with Crippen LogP contribution in [0.15, 0.2) is 18.2 Å². The summed E-state index contributed by atoms with van der Waals surface area (Å²) >= 11 is -1.39. The van der Waals surface area contributed by atoms with Crippen molar-refractivity contribution in [3.63, 3.8) is 0 Å². The molecule has 0 radical (unpaired) electrons. The summed E-state index contributed by atoms with van der Waals surface area (Å²) in [6.07, 6.45) is -0.615. The maximum atomic E-state index is 11.7. The number of pyridine rings is 1. The lowest BCUT2D eigenvalue weighted by molar-refractivity contribution is -0.292. The average Bonchev–Trinajstić information content (AvgIpc) is 2.35. The smallest absolute Gasteiger partial charge is 0.456 e. The Morgan fingerprint density at radius 2 is 2.10 bits per heavy atom. The van der Waals surface area contributed by atoms with E-state index in [-0.39, 0.29) is 5.97 Å². The van der Waals surface area contributed by atoms with E-state index in [2.05, 4.69) is 16.6 Å². The molecule has 0 N–H and O–H groups in total. The zero-order valence-electron chi connectivity index (χ0n) is 13.3. The number of hydrogen-bond acceptors (Lipinski definition) is 5. The lowest BCUT2D eigenvalue weighted by Crippen LogP contribution is -2.59. The molecule has 0 aromatic carbocycles. The highest BCUT2D eigenvalue weighted by Gasteiger charge is 2.48. The molecule has 21 heavy (non-hydrogen) atoms. The Morgan fingerprint density at radius 1 is 1.38 bits per heavy atom. The summed E-state index contributed by atoms with van der Waals surface area (Å²) in [7, 11) is 0. The van der Waals surface area contributed by atoms with Crippen molar-refractivity contribution in [2.24, 2.45) is 0 Å². The SMILES string of the molecule is Cc1cccc(CC2([O][Al]([CH3])[CH3])OC(C)C(=O)OC2C)n1. The number of esters is 1. The fourth-order valence-electron chi connectivity index (χ4n) is 2.50. The normalized spacial score (nSPS) is 29.1. The summed E-state index contributed by atoms with van der Waals surface area (Å²) in [5.74, 6) is 2.86. The maximum Gasteiger partial charge on any atom is 0.456 e. The topological polar surface area (TPSA) is 57.7 Å². The molecule has 1 aromatic heterocycles. The van der Waals surface area contributed by atoms with Crippen LogP contribution in [0, 0.1) is 6.92 Å². The highest BCUT2D eigenvalue weighted by molar-refractivity contribution is 6.48. The monoisotopic (exact) mass is 307 g/mol. The molecule has 0 spiro atoms. The van der Waals surface area contributed by atoms with Crippen molar-refractivity contribution in [2.45, 2.75) is 56.8 Å². The van der Waals surface area contributed by atoms with Gasteiger partial charge in [0.25, 0.3) is 0 Å². The molecular weight excluding hydrogens is 285 g/mol. The van der Waals surface area contributed by atoms with Crippen LogP contribution in [0.25, 0.3) is 0 Å². The molecule has 3 unspecified atom stereocenters. The van der Waals surface area contributed by atoms with Crippen LogP contribution in [-0.4, -0.2) is 43.4 Å². The van der Waals surface area contributed by atoms with E-state index in [0.717, 1.165) is 11.4 Å². The van der Waals surface area contributed by atoms with Gasteiger partial charge in [-0.3, -0.25) is 4.98 Å². The largest absolute Gasteiger partial charge is 0.473 e. The molecule has 1 aromatic rings. The van der Waals surface area contributed by atoms with E-state index in [4.69, 9.17) is 13.3 Å². The van der Waals surface area contributed by atoms with Gasteiger partial charge in [0.05, 0.1) is 0 Å². The number of cyclic esters (lactones) is 1. The predicted molar refractivity (Wildman–Crippen MR) is 80.1 cm³/mol. The van der Waals surface area contributed by atoms with Crippen LogP contribution in [0.4, 0.5) is 0 Å². The van der Waals surface area contributed by atoms with E-state index >= 15 is 0 Å². The molecule has 0 bridgehead atoms. The predicted octanol–water partition coefficient (Wildman–Crippen LogP) is 2.25. The molecule has 2 heterocycles. The number of hydrogen-bond donors (Lipinski definition) is 0. The van der Waals surface area contributed by atoms with Gasteiger partial charge < -0.3 is 13.3 Å². The average molecular weight is 307 g/mol. The summed E-state index contributed by atoms with van der Waals surface area (Å²) in [4.78, 5) is 16.2. The van der Waals surface area contributed by atoms with Crippen LogP contribution in [0.2, 0.25) is 11.6 Å². The Morgan fingerprint density at radius 3 is 2.71 bits per heavy atom. The van der Waals surface area contributed by atoms with Crippen LogP contribution < -0.4 is 0 Å². The van der Waals surface area contributed by atoms with E-state index in [0.29, 0.717) is 6.42 Å². The molecule has 6 heteroatoms. The molecule has 0 amide bonds. The first-order valence-corrected chi connectivity index (χ1v) is 10.1. The van der Waals surface area contributed by atoms with Crippen molar-refractivity contribution in [1.29, 1.82) is 0 Å². The summed E-state index contributed by atoms with van der Waals surface area (Å²) in [6.45, 7) is 5.45. The van der Waals surface area contributed by atoms with Gasteiger partial charge in [-0.05, 0) is 32.9 Å². The summed E-state index contributed by atoms with van der Waals surface area (Å²) < 4.78 is 17.5. The minimum Gasteiger partial charge on any atom is -0.473 e. The van der Waals surface area contributed by atoms with E-state index in [1.165, 1.54) is 0 Å². The van der Waals surface area contributed by atoms with Crippen LogP contribution in [-0.2, 0) is 24.5 Å². The highest BCUT2D eigenvalue weighted by atomic mass is 27.2. The Labute approximate surface area is 130 Å². The first-order chi connectivity index (χ1) is 9.82. The van der Waals surface area contributed by atoms with Gasteiger partial charge in [0.2, 0.25) is 0 Å². The van der Waals surface area contributed by atoms with E-state index in [1.807, 2.05) is 32.0 Å². The molecule has 1 saturated heterocycles. The summed E-state index contributed by atoms with van der Waals surface area (Å²) in [5, 5.41) is 0. The molecule has 0 aliphatic carbocycles. The molecule has 5 nitrogen and oxygen atoms in total. The van der Waals surface area contributed by atoms with Crippen LogP contribution >= 0.6 is 0 Å². The lowest BCUT2D eigenvalue weighted by atomic mass is 10.0. The number of aromatic nitrogens is 1. The molecule has 2 rings (SSSR count). The van der Waals surface area contributed by atoms with Gasteiger partial charge in [-0.25, -0.2) is 4.79 Å². The van der Waals surface area contributed by atoms with E-state index in [9.17, 15) is 4.79 Å². The molecule has 0 saturated carbocycles. The van der Waals surface area contributed by atoms with Gasteiger partial charge in [0.15, 0.2) is 18.0 Å². The van der Waals surface area contributed by atoms with E-state index < -0.39 is 32.5 Å². The summed E-state index contributed by atoms with van der Waals surface area (Å²) in [5.41, 5.74) is 1.82. The van der Waals surface area contributed by atoms with Gasteiger partial charge in [-0.1, -0.05) is 17.6 Å². The Hall–Kier alpha value is -0.928. The number of carbonyl (C=O) groups is 1. The second kappa shape index (κ2) is 6.45.